The average molecular weight is 381 g/mol. The number of aryl methyl sites for hydroxylation is 2. The molecule has 0 atom stereocenters. The fourth-order valence-corrected chi connectivity index (χ4v) is 4.58. The monoisotopic (exact) mass is 381 g/mol. The van der Waals surface area contributed by atoms with Crippen molar-refractivity contribution >= 4 is 21.8 Å². The van der Waals surface area contributed by atoms with Crippen LogP contribution in [-0.4, -0.2) is 18.0 Å². The average Bonchev–Trinajstić information content (AvgIpc) is 3.00. The molecule has 27 heavy (non-hydrogen) atoms. The summed E-state index contributed by atoms with van der Waals surface area (Å²) in [6, 6.07) is 14.7. The Balaban J connectivity index is 1.73. The van der Waals surface area contributed by atoms with E-state index in [9.17, 15) is 13.2 Å². The quantitative estimate of drug-likeness (QED) is 0.728. The number of aromatic amines is 1. The van der Waals surface area contributed by atoms with Gasteiger partial charge in [-0.05, 0) is 49.1 Å². The van der Waals surface area contributed by atoms with Crippen LogP contribution in [0.5, 0.6) is 0 Å². The van der Waals surface area contributed by atoms with Crippen LogP contribution < -0.4 is 10.4 Å². The van der Waals surface area contributed by atoms with Gasteiger partial charge in [-0.3, -0.25) is 9.29 Å². The summed E-state index contributed by atoms with van der Waals surface area (Å²) in [5, 5.41) is 0. The Morgan fingerprint density at radius 1 is 1.04 bits per heavy atom. The van der Waals surface area contributed by atoms with Crippen molar-refractivity contribution in [1.29, 1.82) is 0 Å². The minimum atomic E-state index is -3.73. The van der Waals surface area contributed by atoms with E-state index in [4.69, 9.17) is 0 Å². The molecular weight excluding hydrogens is 362 g/mol. The zero-order valence-electron chi connectivity index (χ0n) is 14.8. The summed E-state index contributed by atoms with van der Waals surface area (Å²) in [6.07, 6.45) is 4.43. The smallest absolute Gasteiger partial charge is 0.312 e. The number of sulfonamides is 1. The maximum absolute atomic E-state index is 13.0. The third-order valence-corrected chi connectivity index (χ3v) is 6.21. The van der Waals surface area contributed by atoms with Gasteiger partial charge in [-0.2, -0.15) is 0 Å². The van der Waals surface area contributed by atoms with Gasteiger partial charge in [0, 0.05) is 11.9 Å². The van der Waals surface area contributed by atoms with Crippen LogP contribution in [0.1, 0.15) is 23.2 Å². The molecule has 2 N–H and O–H groups in total. The maximum atomic E-state index is 13.0. The standard InChI is InChI=1S/C20H19N3O3S/c1-14-13-21-20(24)23(14)19-9-5-4-8-18(19)22-27(25,26)17-11-10-15-6-2-3-7-16(15)12-17/h2-9,12-13,22H,10-11H2,1H3,(H,21,24). The molecule has 1 aromatic heterocycles. The van der Waals surface area contributed by atoms with Gasteiger partial charge in [0.05, 0.1) is 16.3 Å². The van der Waals surface area contributed by atoms with Crippen molar-refractivity contribution in [3.63, 3.8) is 0 Å². The van der Waals surface area contributed by atoms with Crippen LogP contribution in [0, 0.1) is 6.92 Å². The van der Waals surface area contributed by atoms with Crippen molar-refractivity contribution in [1.82, 2.24) is 9.55 Å². The number of rotatable bonds is 4. The fourth-order valence-electron chi connectivity index (χ4n) is 3.34. The van der Waals surface area contributed by atoms with Gasteiger partial charge >= 0.3 is 5.69 Å². The summed E-state index contributed by atoms with van der Waals surface area (Å²) in [4.78, 5) is 15.1. The number of nitrogens with zero attached hydrogens (tertiary/aromatic N) is 1. The number of H-pyrrole nitrogens is 1. The zero-order valence-corrected chi connectivity index (χ0v) is 15.6. The molecule has 0 fully saturated rings. The Labute approximate surface area is 157 Å². The Bertz CT molecular complexity index is 1200. The third kappa shape index (κ3) is 3.21. The summed E-state index contributed by atoms with van der Waals surface area (Å²) in [5.74, 6) is 0. The minimum absolute atomic E-state index is 0.315. The topological polar surface area (TPSA) is 84.0 Å². The lowest BCUT2D eigenvalue weighted by atomic mass is 9.98. The predicted octanol–water partition coefficient (Wildman–Crippen LogP) is 3.20. The molecule has 0 aliphatic heterocycles. The van der Waals surface area contributed by atoms with Crippen LogP contribution in [-0.2, 0) is 16.4 Å². The van der Waals surface area contributed by atoms with E-state index in [0.29, 0.717) is 34.8 Å². The number of para-hydroxylation sites is 2. The molecule has 1 aliphatic rings. The molecule has 1 heterocycles. The normalized spacial score (nSPS) is 13.7. The van der Waals surface area contributed by atoms with Crippen molar-refractivity contribution in [3.8, 4) is 5.69 Å². The van der Waals surface area contributed by atoms with Crippen molar-refractivity contribution in [2.24, 2.45) is 0 Å². The number of fused-ring (bicyclic) bond motifs is 1. The van der Waals surface area contributed by atoms with Crippen LogP contribution in [0.15, 0.2) is 64.4 Å². The van der Waals surface area contributed by atoms with E-state index in [1.54, 1.807) is 43.5 Å². The lowest BCUT2D eigenvalue weighted by Crippen LogP contribution is -2.21. The number of benzene rings is 2. The first-order valence-corrected chi connectivity index (χ1v) is 10.1. The number of anilines is 1. The molecule has 3 aromatic rings. The summed E-state index contributed by atoms with van der Waals surface area (Å²) >= 11 is 0. The molecule has 2 aromatic carbocycles. The summed E-state index contributed by atoms with van der Waals surface area (Å²) in [6.45, 7) is 1.78. The molecule has 4 rings (SSSR count). The van der Waals surface area contributed by atoms with Gasteiger partial charge in [0.2, 0.25) is 0 Å². The summed E-state index contributed by atoms with van der Waals surface area (Å²) in [5.41, 5.74) is 3.30. The van der Waals surface area contributed by atoms with E-state index in [-0.39, 0.29) is 5.69 Å². The molecule has 0 amide bonds. The number of imidazole rings is 1. The second-order valence-electron chi connectivity index (χ2n) is 6.50. The van der Waals surface area contributed by atoms with Gasteiger partial charge in [-0.25, -0.2) is 13.2 Å². The maximum Gasteiger partial charge on any atom is 0.330 e. The first-order valence-electron chi connectivity index (χ1n) is 8.63. The number of hydrogen-bond donors (Lipinski definition) is 2. The number of allylic oxidation sites excluding steroid dienone is 1. The van der Waals surface area contributed by atoms with Crippen LogP contribution in [0.2, 0.25) is 0 Å². The zero-order chi connectivity index (χ0) is 19.0. The first kappa shape index (κ1) is 17.4. The molecule has 7 heteroatoms. The van der Waals surface area contributed by atoms with E-state index in [1.165, 1.54) is 4.57 Å². The number of aromatic nitrogens is 2. The molecule has 138 valence electrons. The van der Waals surface area contributed by atoms with Crippen molar-refractivity contribution in [3.05, 3.63) is 86.9 Å². The second kappa shape index (κ2) is 6.59. The van der Waals surface area contributed by atoms with Gasteiger partial charge in [-0.15, -0.1) is 0 Å². The SMILES string of the molecule is Cc1c[nH]c(=O)n1-c1ccccc1NS(=O)(=O)C1=Cc2ccccc2CC1. The van der Waals surface area contributed by atoms with Crippen LogP contribution >= 0.6 is 0 Å². The van der Waals surface area contributed by atoms with Crippen LogP contribution in [0.4, 0.5) is 5.69 Å². The molecule has 0 spiro atoms. The van der Waals surface area contributed by atoms with E-state index >= 15 is 0 Å². The highest BCUT2D eigenvalue weighted by atomic mass is 32.2. The van der Waals surface area contributed by atoms with Gasteiger partial charge < -0.3 is 4.98 Å². The van der Waals surface area contributed by atoms with Gasteiger partial charge in [-0.1, -0.05) is 36.4 Å². The van der Waals surface area contributed by atoms with Crippen molar-refractivity contribution in [2.75, 3.05) is 4.72 Å². The van der Waals surface area contributed by atoms with Crippen molar-refractivity contribution in [2.45, 2.75) is 19.8 Å². The molecule has 0 saturated carbocycles. The fraction of sp³-hybridized carbons (Fsp3) is 0.150. The summed E-state index contributed by atoms with van der Waals surface area (Å²) < 4.78 is 30.1. The molecular formula is C20H19N3O3S. The highest BCUT2D eigenvalue weighted by Crippen LogP contribution is 2.29. The predicted molar refractivity (Wildman–Crippen MR) is 106 cm³/mol. The van der Waals surface area contributed by atoms with E-state index in [2.05, 4.69) is 9.71 Å². The van der Waals surface area contributed by atoms with E-state index in [0.717, 1.165) is 11.1 Å². The molecule has 6 nitrogen and oxygen atoms in total. The van der Waals surface area contributed by atoms with Crippen molar-refractivity contribution < 1.29 is 8.42 Å². The number of nitrogens with one attached hydrogen (secondary N) is 2. The third-order valence-electron chi connectivity index (χ3n) is 4.71. The van der Waals surface area contributed by atoms with E-state index in [1.807, 2.05) is 24.3 Å². The Hall–Kier alpha value is -3.06. The first-order chi connectivity index (χ1) is 13.0. The highest BCUT2D eigenvalue weighted by Gasteiger charge is 2.23. The highest BCUT2D eigenvalue weighted by molar-refractivity contribution is 7.96. The van der Waals surface area contributed by atoms with Gasteiger partial charge in [0.25, 0.3) is 10.0 Å². The van der Waals surface area contributed by atoms with Gasteiger partial charge in [0.1, 0.15) is 0 Å². The molecule has 1 aliphatic carbocycles. The summed E-state index contributed by atoms with van der Waals surface area (Å²) in [7, 11) is -3.73. The Kier molecular flexibility index (Phi) is 4.24. The molecule has 0 unspecified atom stereocenters. The van der Waals surface area contributed by atoms with Crippen LogP contribution in [0.3, 0.4) is 0 Å². The van der Waals surface area contributed by atoms with E-state index < -0.39 is 10.0 Å². The number of hydrogen-bond acceptors (Lipinski definition) is 3. The minimum Gasteiger partial charge on any atom is -0.312 e. The lowest BCUT2D eigenvalue weighted by Gasteiger charge is -2.19. The molecule has 0 radical (unpaired) electrons. The molecule has 0 bridgehead atoms. The van der Waals surface area contributed by atoms with Gasteiger partial charge in [0.15, 0.2) is 0 Å². The second-order valence-corrected chi connectivity index (χ2v) is 8.24. The Morgan fingerprint density at radius 2 is 1.78 bits per heavy atom. The Morgan fingerprint density at radius 3 is 2.56 bits per heavy atom. The van der Waals surface area contributed by atoms with Crippen LogP contribution in [0.25, 0.3) is 11.8 Å². The largest absolute Gasteiger partial charge is 0.330 e. The lowest BCUT2D eigenvalue weighted by molar-refractivity contribution is 0.605. The molecule has 0 saturated heterocycles.